The van der Waals surface area contributed by atoms with Crippen molar-refractivity contribution in [3.05, 3.63) is 49.9 Å². The molecule has 2 aliphatic heterocycles. The minimum absolute atomic E-state index is 0.0453. The Labute approximate surface area is 240 Å². The highest BCUT2D eigenvalue weighted by Crippen LogP contribution is 2.51. The molecule has 1 saturated heterocycles. The van der Waals surface area contributed by atoms with E-state index in [0.717, 1.165) is 10.6 Å². The number of aromatic nitrogens is 1. The number of fused-ring (bicyclic) bond motifs is 1. The van der Waals surface area contributed by atoms with Crippen LogP contribution in [-0.4, -0.2) is 52.8 Å². The van der Waals surface area contributed by atoms with E-state index >= 15 is 0 Å². The summed E-state index contributed by atoms with van der Waals surface area (Å²) in [5.74, 6) is -4.36. The molecule has 2 amide bonds. The molecule has 0 bridgehead atoms. The fraction of sp³-hybridized carbons (Fsp3) is 0.536. The molecule has 5 rings (SSSR count). The summed E-state index contributed by atoms with van der Waals surface area (Å²) in [7, 11) is 0. The molecule has 3 heterocycles. The number of hydrogen-bond donors (Lipinski definition) is 2. The highest BCUT2D eigenvalue weighted by Gasteiger charge is 2.51. The third-order valence-electron chi connectivity index (χ3n) is 8.16. The Morgan fingerprint density at radius 2 is 1.82 bits per heavy atom. The minimum Gasteiger partial charge on any atom is -0.448 e. The molecule has 216 valence electrons. The van der Waals surface area contributed by atoms with Crippen molar-refractivity contribution in [2.75, 3.05) is 19.3 Å². The van der Waals surface area contributed by atoms with Gasteiger partial charge in [0.2, 0.25) is 11.8 Å². The van der Waals surface area contributed by atoms with E-state index in [1.165, 1.54) is 17.8 Å². The van der Waals surface area contributed by atoms with Crippen molar-refractivity contribution in [3.8, 4) is 11.5 Å². The topological polar surface area (TPSA) is 101 Å². The quantitative estimate of drug-likeness (QED) is 0.453. The summed E-state index contributed by atoms with van der Waals surface area (Å²) in [6.45, 7) is 6.27. The van der Waals surface area contributed by atoms with Gasteiger partial charge in [0.1, 0.15) is 0 Å². The number of rotatable bonds is 6. The minimum atomic E-state index is -2.73. The lowest BCUT2D eigenvalue weighted by atomic mass is 9.79. The number of likely N-dealkylation sites (tertiary alicyclic amines) is 1. The number of nitrogens with zero attached hydrogens (tertiary/aromatic N) is 1. The van der Waals surface area contributed by atoms with Crippen molar-refractivity contribution in [3.63, 3.8) is 0 Å². The number of piperidine rings is 1. The number of aromatic amines is 1. The lowest BCUT2D eigenvalue weighted by Crippen LogP contribution is -2.52. The summed E-state index contributed by atoms with van der Waals surface area (Å²) >= 11 is 7.98. The number of H-pyrrole nitrogens is 1. The van der Waals surface area contributed by atoms with Crippen LogP contribution in [0.4, 0.5) is 8.78 Å². The van der Waals surface area contributed by atoms with Crippen LogP contribution in [-0.2, 0) is 11.3 Å². The number of pyridine rings is 1. The van der Waals surface area contributed by atoms with Crippen LogP contribution in [0.15, 0.2) is 21.8 Å². The molecule has 8 nitrogen and oxygen atoms in total. The van der Waals surface area contributed by atoms with E-state index in [1.807, 2.05) is 19.2 Å². The molecular weight excluding hydrogens is 564 g/mol. The Morgan fingerprint density at radius 3 is 2.45 bits per heavy atom. The number of carbonyl (C=O) groups excluding carboxylic acids is 2. The summed E-state index contributed by atoms with van der Waals surface area (Å²) in [4.78, 5) is 43.5. The number of halogens is 3. The van der Waals surface area contributed by atoms with Crippen molar-refractivity contribution >= 4 is 35.2 Å². The number of benzene rings is 1. The summed E-state index contributed by atoms with van der Waals surface area (Å²) < 4.78 is 39.0. The van der Waals surface area contributed by atoms with E-state index in [-0.39, 0.29) is 41.8 Å². The van der Waals surface area contributed by atoms with E-state index in [4.69, 9.17) is 21.1 Å². The number of carbonyl (C=O) groups is 2. The van der Waals surface area contributed by atoms with Crippen molar-refractivity contribution in [1.29, 1.82) is 0 Å². The number of thioether (sulfide) groups is 1. The van der Waals surface area contributed by atoms with Gasteiger partial charge >= 0.3 is 0 Å². The number of hydrogen-bond acceptors (Lipinski definition) is 6. The molecule has 1 aromatic carbocycles. The van der Waals surface area contributed by atoms with Gasteiger partial charge in [0.05, 0.1) is 5.02 Å². The smallest absolute Gasteiger partial charge is 0.254 e. The standard InChI is InChI=1S/C28H32ClF2N3O5S/c1-14-9-21(40-4)19(25(36)33-14)13-32-24(35)18-10-20(29)23-22(15(18)2)38-27(3,39-23)17-5-7-34(8-6-17)26(37)16-11-28(30,31)12-16/h9-10,16-17H,5-8,11-13H2,1-4H3,(H,32,35)(H,33,36)/t27-/m1/s1. The molecule has 2 aromatic rings. The summed E-state index contributed by atoms with van der Waals surface area (Å²) in [6.07, 6.45) is 2.27. The number of aryl methyl sites for hydroxylation is 1. The van der Waals surface area contributed by atoms with E-state index < -0.39 is 23.5 Å². The first-order valence-corrected chi connectivity index (χ1v) is 14.8. The molecule has 0 radical (unpaired) electrons. The third-order valence-corrected chi connectivity index (χ3v) is 9.24. The number of alkyl halides is 2. The van der Waals surface area contributed by atoms with Gasteiger partial charge in [-0.25, -0.2) is 8.78 Å². The van der Waals surface area contributed by atoms with Crippen LogP contribution < -0.4 is 20.3 Å². The summed E-state index contributed by atoms with van der Waals surface area (Å²) in [5, 5.41) is 3.05. The first kappa shape index (κ1) is 28.7. The fourth-order valence-electron chi connectivity index (χ4n) is 5.77. The molecule has 1 aromatic heterocycles. The molecule has 0 unspecified atom stereocenters. The van der Waals surface area contributed by atoms with Crippen LogP contribution in [0.2, 0.25) is 5.02 Å². The van der Waals surface area contributed by atoms with Crippen LogP contribution in [0, 0.1) is 25.7 Å². The summed E-state index contributed by atoms with van der Waals surface area (Å²) in [5.41, 5.74) is 1.83. The SMILES string of the molecule is CSc1cc(C)[nH]c(=O)c1CNC(=O)c1cc(Cl)c2c(c1C)O[C@@](C)(C1CCN(C(=O)C3CC(F)(F)C3)CC1)O2. The van der Waals surface area contributed by atoms with Gasteiger partial charge in [0, 0.05) is 78.5 Å². The van der Waals surface area contributed by atoms with Gasteiger partial charge in [0.25, 0.3) is 17.3 Å². The molecule has 1 atom stereocenters. The van der Waals surface area contributed by atoms with E-state index in [1.54, 1.807) is 18.7 Å². The van der Waals surface area contributed by atoms with Gasteiger partial charge in [-0.1, -0.05) is 11.6 Å². The lowest BCUT2D eigenvalue weighted by molar-refractivity contribution is -0.165. The Balaban J connectivity index is 1.26. The zero-order valence-electron chi connectivity index (χ0n) is 22.8. The maximum atomic E-state index is 13.2. The van der Waals surface area contributed by atoms with E-state index in [9.17, 15) is 23.2 Å². The Bertz CT molecular complexity index is 1420. The van der Waals surface area contributed by atoms with Crippen LogP contribution in [0.1, 0.15) is 59.8 Å². The number of ether oxygens (including phenoxy) is 2. The number of nitrogens with one attached hydrogen (secondary N) is 2. The van der Waals surface area contributed by atoms with Crippen LogP contribution >= 0.6 is 23.4 Å². The zero-order valence-corrected chi connectivity index (χ0v) is 24.4. The largest absolute Gasteiger partial charge is 0.448 e. The zero-order chi connectivity index (χ0) is 29.0. The van der Waals surface area contributed by atoms with Gasteiger partial charge in [-0.15, -0.1) is 11.8 Å². The molecule has 12 heteroatoms. The Kier molecular flexibility index (Phi) is 7.58. The van der Waals surface area contributed by atoms with Crippen LogP contribution in [0.3, 0.4) is 0 Å². The number of amides is 2. The van der Waals surface area contributed by atoms with E-state index in [0.29, 0.717) is 54.1 Å². The normalized spacial score (nSPS) is 22.2. The van der Waals surface area contributed by atoms with Gasteiger partial charge in [-0.2, -0.15) is 0 Å². The van der Waals surface area contributed by atoms with Gasteiger partial charge in [0.15, 0.2) is 11.5 Å². The average Bonchev–Trinajstić information content (AvgIpc) is 3.27. The molecule has 3 aliphatic rings. The Morgan fingerprint density at radius 1 is 1.18 bits per heavy atom. The second-order valence-corrected chi connectivity index (χ2v) is 12.2. The molecule has 1 saturated carbocycles. The predicted molar refractivity (Wildman–Crippen MR) is 148 cm³/mol. The molecule has 1 aliphatic carbocycles. The molecular formula is C28H32ClF2N3O5S. The molecule has 40 heavy (non-hydrogen) atoms. The second kappa shape index (κ2) is 10.6. The lowest BCUT2D eigenvalue weighted by Gasteiger charge is -2.42. The van der Waals surface area contributed by atoms with Gasteiger partial charge in [-0.05, 0) is 45.1 Å². The predicted octanol–water partition coefficient (Wildman–Crippen LogP) is 5.07. The Hall–Kier alpha value is -2.79. The monoisotopic (exact) mass is 595 g/mol. The first-order valence-electron chi connectivity index (χ1n) is 13.2. The van der Waals surface area contributed by atoms with Crippen LogP contribution in [0.5, 0.6) is 11.5 Å². The molecule has 2 fully saturated rings. The maximum absolute atomic E-state index is 13.2. The average molecular weight is 596 g/mol. The van der Waals surface area contributed by atoms with Gasteiger partial charge in [-0.3, -0.25) is 14.4 Å². The van der Waals surface area contributed by atoms with Crippen molar-refractivity contribution in [2.45, 2.75) is 69.6 Å². The fourth-order valence-corrected chi connectivity index (χ4v) is 6.71. The van der Waals surface area contributed by atoms with Gasteiger partial charge < -0.3 is 24.7 Å². The summed E-state index contributed by atoms with van der Waals surface area (Å²) in [6, 6.07) is 3.40. The molecule has 0 spiro atoms. The first-order chi connectivity index (χ1) is 18.8. The van der Waals surface area contributed by atoms with Crippen LogP contribution in [0.25, 0.3) is 0 Å². The molecule has 2 N–H and O–H groups in total. The van der Waals surface area contributed by atoms with Crippen molar-refractivity contribution < 1.29 is 27.8 Å². The highest BCUT2D eigenvalue weighted by atomic mass is 35.5. The highest BCUT2D eigenvalue weighted by molar-refractivity contribution is 7.98. The van der Waals surface area contributed by atoms with E-state index in [2.05, 4.69) is 10.3 Å². The van der Waals surface area contributed by atoms with Crippen molar-refractivity contribution in [2.24, 2.45) is 11.8 Å². The maximum Gasteiger partial charge on any atom is 0.254 e. The third kappa shape index (κ3) is 5.30. The second-order valence-electron chi connectivity index (χ2n) is 11.0. The van der Waals surface area contributed by atoms with Crippen molar-refractivity contribution in [1.82, 2.24) is 15.2 Å².